The first-order chi connectivity index (χ1) is 10.3. The van der Waals surface area contributed by atoms with E-state index in [1.165, 1.54) is 0 Å². The molecule has 0 bridgehead atoms. The zero-order valence-electron chi connectivity index (χ0n) is 13.8. The van der Waals surface area contributed by atoms with E-state index in [9.17, 15) is 9.90 Å². The third kappa shape index (κ3) is 4.58. The van der Waals surface area contributed by atoms with Crippen LogP contribution in [0.4, 0.5) is 0 Å². The molecule has 0 unspecified atom stereocenters. The summed E-state index contributed by atoms with van der Waals surface area (Å²) in [4.78, 5) is 12.0. The first-order valence-corrected chi connectivity index (χ1v) is 7.99. The summed E-state index contributed by atoms with van der Waals surface area (Å²) in [5.74, 6) is 1.19. The number of carbonyl (C=O) groups is 1. The van der Waals surface area contributed by atoms with Gasteiger partial charge in [0.15, 0.2) is 0 Å². The lowest BCUT2D eigenvalue weighted by Gasteiger charge is -2.47. The SMILES string of the molecule is C[C@@H]1CC(C)(C)C[C@@](CO)(NCC(=O)NCc2ccco2)C1. The Bertz CT molecular complexity index is 484. The second kappa shape index (κ2) is 6.84. The molecular formula is C17H28N2O3. The number of hydrogen-bond donors (Lipinski definition) is 3. The van der Waals surface area contributed by atoms with Gasteiger partial charge in [-0.2, -0.15) is 0 Å². The van der Waals surface area contributed by atoms with E-state index in [1.807, 2.05) is 6.07 Å². The maximum absolute atomic E-state index is 12.0. The molecule has 0 spiro atoms. The highest BCUT2D eigenvalue weighted by molar-refractivity contribution is 5.78. The Labute approximate surface area is 132 Å². The van der Waals surface area contributed by atoms with Crippen molar-refractivity contribution in [3.63, 3.8) is 0 Å². The third-order valence-corrected chi connectivity index (χ3v) is 4.42. The molecule has 2 atom stereocenters. The second-order valence-electron chi connectivity index (χ2n) is 7.50. The molecule has 0 radical (unpaired) electrons. The quantitative estimate of drug-likeness (QED) is 0.752. The average molecular weight is 308 g/mol. The topological polar surface area (TPSA) is 74.5 Å². The zero-order valence-corrected chi connectivity index (χ0v) is 13.8. The van der Waals surface area contributed by atoms with Crippen LogP contribution in [0.15, 0.2) is 22.8 Å². The van der Waals surface area contributed by atoms with E-state index in [-0.39, 0.29) is 30.0 Å². The molecule has 5 heteroatoms. The Balaban J connectivity index is 1.86. The highest BCUT2D eigenvalue weighted by Crippen LogP contribution is 2.43. The fraction of sp³-hybridized carbons (Fsp3) is 0.706. The number of amides is 1. The minimum absolute atomic E-state index is 0.0617. The summed E-state index contributed by atoms with van der Waals surface area (Å²) in [7, 11) is 0. The number of aliphatic hydroxyl groups excluding tert-OH is 1. The van der Waals surface area contributed by atoms with Gasteiger partial charge in [-0.3, -0.25) is 4.79 Å². The molecule has 0 aliphatic heterocycles. The van der Waals surface area contributed by atoms with Gasteiger partial charge in [0.05, 0.1) is 26.0 Å². The number of aliphatic hydroxyl groups is 1. The Morgan fingerprint density at radius 1 is 1.45 bits per heavy atom. The van der Waals surface area contributed by atoms with E-state index in [2.05, 4.69) is 31.4 Å². The molecule has 1 aliphatic carbocycles. The van der Waals surface area contributed by atoms with Crippen molar-refractivity contribution in [2.45, 2.75) is 52.1 Å². The van der Waals surface area contributed by atoms with Gasteiger partial charge in [-0.05, 0) is 42.7 Å². The summed E-state index contributed by atoms with van der Waals surface area (Å²) in [6.45, 7) is 7.33. The van der Waals surface area contributed by atoms with Crippen LogP contribution in [0.3, 0.4) is 0 Å². The van der Waals surface area contributed by atoms with Crippen LogP contribution < -0.4 is 10.6 Å². The summed E-state index contributed by atoms with van der Waals surface area (Å²) in [6, 6.07) is 3.63. The van der Waals surface area contributed by atoms with E-state index in [4.69, 9.17) is 4.42 Å². The van der Waals surface area contributed by atoms with Gasteiger partial charge in [0.2, 0.25) is 5.91 Å². The third-order valence-electron chi connectivity index (χ3n) is 4.42. The molecule has 1 saturated carbocycles. The Hall–Kier alpha value is -1.33. The van der Waals surface area contributed by atoms with Crippen LogP contribution in [0.5, 0.6) is 0 Å². The van der Waals surface area contributed by atoms with Gasteiger partial charge in [0.1, 0.15) is 5.76 Å². The molecule has 5 nitrogen and oxygen atoms in total. The Kier molecular flexibility index (Phi) is 5.29. The van der Waals surface area contributed by atoms with Gasteiger partial charge in [0, 0.05) is 5.54 Å². The normalized spacial score (nSPS) is 27.5. The predicted molar refractivity (Wildman–Crippen MR) is 85.2 cm³/mol. The van der Waals surface area contributed by atoms with Gasteiger partial charge in [0.25, 0.3) is 0 Å². The van der Waals surface area contributed by atoms with Crippen LogP contribution >= 0.6 is 0 Å². The number of carbonyl (C=O) groups excluding carboxylic acids is 1. The average Bonchev–Trinajstić information content (AvgIpc) is 2.94. The molecule has 0 aromatic carbocycles. The van der Waals surface area contributed by atoms with E-state index < -0.39 is 0 Å². The number of rotatable bonds is 6. The van der Waals surface area contributed by atoms with Gasteiger partial charge >= 0.3 is 0 Å². The van der Waals surface area contributed by atoms with Crippen molar-refractivity contribution in [3.05, 3.63) is 24.2 Å². The predicted octanol–water partition coefficient (Wildman–Crippen LogP) is 2.06. The lowest BCUT2D eigenvalue weighted by atomic mass is 9.64. The molecule has 0 saturated heterocycles. The summed E-state index contributed by atoms with van der Waals surface area (Å²) >= 11 is 0. The molecule has 2 rings (SSSR count). The van der Waals surface area contributed by atoms with Gasteiger partial charge in [-0.1, -0.05) is 20.8 Å². The summed E-state index contributed by atoms with van der Waals surface area (Å²) < 4.78 is 5.19. The maximum Gasteiger partial charge on any atom is 0.234 e. The van der Waals surface area contributed by atoms with E-state index in [0.29, 0.717) is 12.5 Å². The molecule has 3 N–H and O–H groups in total. The van der Waals surface area contributed by atoms with Crippen LogP contribution in [0.1, 0.15) is 45.8 Å². The second-order valence-corrected chi connectivity index (χ2v) is 7.50. The number of hydrogen-bond acceptors (Lipinski definition) is 4. The Morgan fingerprint density at radius 2 is 2.23 bits per heavy atom. The van der Waals surface area contributed by atoms with Gasteiger partial charge in [-0.15, -0.1) is 0 Å². The lowest BCUT2D eigenvalue weighted by Crippen LogP contribution is -2.57. The monoisotopic (exact) mass is 308 g/mol. The molecule has 1 fully saturated rings. The number of furan rings is 1. The van der Waals surface area contributed by atoms with Crippen LogP contribution in [0.2, 0.25) is 0 Å². The molecule has 124 valence electrons. The van der Waals surface area contributed by atoms with Crippen molar-refractivity contribution < 1.29 is 14.3 Å². The zero-order chi connectivity index (χ0) is 16.2. The molecule has 1 aliphatic rings. The molecule has 1 aromatic rings. The molecule has 1 amide bonds. The van der Waals surface area contributed by atoms with Crippen molar-refractivity contribution in [3.8, 4) is 0 Å². The van der Waals surface area contributed by atoms with Gasteiger partial charge in [-0.25, -0.2) is 0 Å². The number of nitrogens with one attached hydrogen (secondary N) is 2. The van der Waals surface area contributed by atoms with Crippen LogP contribution in [-0.4, -0.2) is 29.7 Å². The van der Waals surface area contributed by atoms with Crippen LogP contribution in [0, 0.1) is 11.3 Å². The van der Waals surface area contributed by atoms with E-state index in [1.54, 1.807) is 12.3 Å². The smallest absolute Gasteiger partial charge is 0.234 e. The van der Waals surface area contributed by atoms with E-state index in [0.717, 1.165) is 25.0 Å². The molecule has 22 heavy (non-hydrogen) atoms. The summed E-state index contributed by atoms with van der Waals surface area (Å²) in [6.07, 6.45) is 4.53. The highest BCUT2D eigenvalue weighted by atomic mass is 16.3. The standard InChI is InChI=1S/C17H28N2O3/c1-13-7-16(2,3)11-17(8-13,12-20)19-10-15(21)18-9-14-5-4-6-22-14/h4-6,13,19-20H,7-12H2,1-3H3,(H,18,21)/t13-,17+/m1/s1. The molecule has 1 heterocycles. The maximum atomic E-state index is 12.0. The fourth-order valence-electron chi connectivity index (χ4n) is 3.98. The van der Waals surface area contributed by atoms with Gasteiger partial charge < -0.3 is 20.2 Å². The summed E-state index contributed by atoms with van der Waals surface area (Å²) in [5, 5.41) is 16.0. The van der Waals surface area contributed by atoms with Crippen molar-refractivity contribution >= 4 is 5.91 Å². The van der Waals surface area contributed by atoms with Crippen molar-refractivity contribution in [1.29, 1.82) is 0 Å². The van der Waals surface area contributed by atoms with Crippen LogP contribution in [-0.2, 0) is 11.3 Å². The molecule has 1 aromatic heterocycles. The van der Waals surface area contributed by atoms with Crippen LogP contribution in [0.25, 0.3) is 0 Å². The highest BCUT2D eigenvalue weighted by Gasteiger charge is 2.42. The largest absolute Gasteiger partial charge is 0.467 e. The fourth-order valence-corrected chi connectivity index (χ4v) is 3.98. The minimum atomic E-state index is -0.358. The first-order valence-electron chi connectivity index (χ1n) is 7.99. The Morgan fingerprint density at radius 3 is 2.82 bits per heavy atom. The molecular weight excluding hydrogens is 280 g/mol. The van der Waals surface area contributed by atoms with Crippen molar-refractivity contribution in [2.75, 3.05) is 13.2 Å². The summed E-state index contributed by atoms with van der Waals surface area (Å²) in [5.41, 5.74) is -0.179. The minimum Gasteiger partial charge on any atom is -0.467 e. The van der Waals surface area contributed by atoms with Crippen molar-refractivity contribution in [1.82, 2.24) is 10.6 Å². The first kappa shape index (κ1) is 17.0. The van der Waals surface area contributed by atoms with E-state index >= 15 is 0 Å². The van der Waals surface area contributed by atoms with Crippen molar-refractivity contribution in [2.24, 2.45) is 11.3 Å². The lowest BCUT2D eigenvalue weighted by molar-refractivity contribution is -0.121.